The summed E-state index contributed by atoms with van der Waals surface area (Å²) in [6.45, 7) is 4.16. The number of methoxy groups -OCH3 is 2. The number of benzene rings is 3. The highest BCUT2D eigenvalue weighted by Gasteiger charge is 2.12. The molecule has 0 aliphatic carbocycles. The van der Waals surface area contributed by atoms with Crippen LogP contribution in [0.1, 0.15) is 11.1 Å². The number of rotatable bonds is 5. The Hall–Kier alpha value is -3.84. The van der Waals surface area contributed by atoms with E-state index in [4.69, 9.17) is 19.0 Å². The van der Waals surface area contributed by atoms with Gasteiger partial charge in [0.25, 0.3) is 0 Å². The molecule has 0 saturated carbocycles. The van der Waals surface area contributed by atoms with Gasteiger partial charge in [-0.1, -0.05) is 23.5 Å². The molecule has 0 unspecified atom stereocenters. The number of ether oxygens (including phenoxy) is 2. The lowest BCUT2D eigenvalue weighted by atomic mass is 10.1. The van der Waals surface area contributed by atoms with Crippen LogP contribution >= 0.6 is 11.3 Å². The van der Waals surface area contributed by atoms with Crippen LogP contribution < -0.4 is 20.3 Å². The van der Waals surface area contributed by atoms with Crippen LogP contribution in [-0.2, 0) is 0 Å². The molecule has 0 spiro atoms. The van der Waals surface area contributed by atoms with Crippen molar-refractivity contribution in [3.05, 3.63) is 77.1 Å². The number of aryl methyl sites for hydroxylation is 2. The van der Waals surface area contributed by atoms with Gasteiger partial charge in [-0.25, -0.2) is 4.98 Å². The summed E-state index contributed by atoms with van der Waals surface area (Å²) in [5, 5.41) is 7.15. The number of thiazole rings is 1. The van der Waals surface area contributed by atoms with E-state index in [0.29, 0.717) is 17.3 Å². The second-order valence-corrected chi connectivity index (χ2v) is 8.74. The summed E-state index contributed by atoms with van der Waals surface area (Å²) in [7, 11) is 3.24. The fourth-order valence-electron chi connectivity index (χ4n) is 3.68. The molecule has 2 aromatic heterocycles. The van der Waals surface area contributed by atoms with E-state index in [9.17, 15) is 0 Å². The zero-order chi connectivity index (χ0) is 22.9. The van der Waals surface area contributed by atoms with E-state index >= 15 is 0 Å². The van der Waals surface area contributed by atoms with Crippen LogP contribution in [0.5, 0.6) is 11.5 Å². The number of nitrogens with one attached hydrogen (secondary N) is 1. The Morgan fingerprint density at radius 3 is 2.48 bits per heavy atom. The third kappa shape index (κ3) is 4.03. The number of hydrogen-bond donors (Lipinski definition) is 1. The quantitative estimate of drug-likeness (QED) is 0.315. The summed E-state index contributed by atoms with van der Waals surface area (Å²) >= 11 is 1.57. The van der Waals surface area contributed by atoms with Crippen LogP contribution in [0.4, 0.5) is 5.13 Å². The zero-order valence-electron chi connectivity index (χ0n) is 18.8. The SMILES string of the molecule is COc1ccc(-c2c/c(=N\Nc3nc4ccccc4s3)c3cc(C)c(C)cc3o2)cc1OC. The molecule has 1 N–H and O–H groups in total. The van der Waals surface area contributed by atoms with Gasteiger partial charge in [-0.2, -0.15) is 5.10 Å². The average molecular weight is 458 g/mol. The van der Waals surface area contributed by atoms with E-state index in [0.717, 1.165) is 42.8 Å². The van der Waals surface area contributed by atoms with Crippen molar-refractivity contribution in [2.75, 3.05) is 19.6 Å². The van der Waals surface area contributed by atoms with E-state index in [1.165, 1.54) is 5.56 Å². The van der Waals surface area contributed by atoms with Crippen molar-refractivity contribution in [2.24, 2.45) is 5.10 Å². The van der Waals surface area contributed by atoms with Crippen molar-refractivity contribution in [2.45, 2.75) is 13.8 Å². The van der Waals surface area contributed by atoms with Gasteiger partial charge in [0.05, 0.1) is 29.8 Å². The van der Waals surface area contributed by atoms with E-state index in [1.807, 2.05) is 48.5 Å². The van der Waals surface area contributed by atoms with Crippen LogP contribution in [-0.4, -0.2) is 19.2 Å². The Labute approximate surface area is 195 Å². The fraction of sp³-hybridized carbons (Fsp3) is 0.154. The predicted molar refractivity (Wildman–Crippen MR) is 133 cm³/mol. The molecule has 0 atom stereocenters. The smallest absolute Gasteiger partial charge is 0.204 e. The van der Waals surface area contributed by atoms with E-state index in [2.05, 4.69) is 36.4 Å². The van der Waals surface area contributed by atoms with E-state index < -0.39 is 0 Å². The molecule has 6 nitrogen and oxygen atoms in total. The van der Waals surface area contributed by atoms with Crippen LogP contribution in [0.25, 0.3) is 32.5 Å². The zero-order valence-corrected chi connectivity index (χ0v) is 19.6. The third-order valence-electron chi connectivity index (χ3n) is 5.59. The Balaban J connectivity index is 1.66. The standard InChI is InChI=1S/C26H23N3O3S/c1-15-11-18-20(28-29-26-27-19-7-5-6-8-25(19)33-26)14-22(32-23(18)12-16(15)2)17-9-10-21(30-3)24(13-17)31-4/h5-14H,1-4H3,(H,27,29)/b28-20+. The van der Waals surface area contributed by atoms with Crippen LogP contribution in [0.3, 0.4) is 0 Å². The van der Waals surface area contributed by atoms with Crippen molar-refractivity contribution in [3.8, 4) is 22.8 Å². The minimum absolute atomic E-state index is 0.636. The minimum Gasteiger partial charge on any atom is -0.493 e. The summed E-state index contributed by atoms with van der Waals surface area (Å²) < 4.78 is 18.3. The Morgan fingerprint density at radius 2 is 1.70 bits per heavy atom. The number of para-hydroxylation sites is 1. The molecular weight excluding hydrogens is 434 g/mol. The molecule has 0 amide bonds. The highest BCUT2D eigenvalue weighted by atomic mass is 32.1. The monoisotopic (exact) mass is 457 g/mol. The summed E-state index contributed by atoms with van der Waals surface area (Å²) in [6, 6.07) is 19.8. The highest BCUT2D eigenvalue weighted by molar-refractivity contribution is 7.22. The third-order valence-corrected chi connectivity index (χ3v) is 6.53. The first-order valence-corrected chi connectivity index (χ1v) is 11.3. The van der Waals surface area contributed by atoms with Gasteiger partial charge in [0, 0.05) is 17.0 Å². The molecule has 0 aliphatic rings. The maximum Gasteiger partial charge on any atom is 0.204 e. The first-order valence-electron chi connectivity index (χ1n) is 10.5. The molecular formula is C26H23N3O3S. The summed E-state index contributed by atoms with van der Waals surface area (Å²) in [6.07, 6.45) is 0. The molecule has 0 bridgehead atoms. The van der Waals surface area contributed by atoms with Gasteiger partial charge in [-0.05, 0) is 67.4 Å². The number of hydrogen-bond acceptors (Lipinski definition) is 7. The maximum absolute atomic E-state index is 6.30. The van der Waals surface area contributed by atoms with Crippen molar-refractivity contribution in [3.63, 3.8) is 0 Å². The molecule has 33 heavy (non-hydrogen) atoms. The van der Waals surface area contributed by atoms with Crippen LogP contribution in [0.2, 0.25) is 0 Å². The second kappa shape index (κ2) is 8.60. The predicted octanol–water partition coefficient (Wildman–Crippen LogP) is 6.27. The summed E-state index contributed by atoms with van der Waals surface area (Å²) in [5.74, 6) is 1.98. The normalized spacial score (nSPS) is 11.8. The Kier molecular flexibility index (Phi) is 5.48. The first-order chi connectivity index (χ1) is 16.1. The number of nitrogens with zero attached hydrogens (tertiary/aromatic N) is 2. The molecule has 0 aliphatic heterocycles. The van der Waals surface area contributed by atoms with Crippen molar-refractivity contribution in [1.82, 2.24) is 4.98 Å². The van der Waals surface area contributed by atoms with Gasteiger partial charge in [0.1, 0.15) is 11.3 Å². The van der Waals surface area contributed by atoms with Gasteiger partial charge in [0.2, 0.25) is 5.13 Å². The number of fused-ring (bicyclic) bond motifs is 2. The van der Waals surface area contributed by atoms with E-state index in [-0.39, 0.29) is 0 Å². The molecule has 0 radical (unpaired) electrons. The van der Waals surface area contributed by atoms with Gasteiger partial charge < -0.3 is 13.9 Å². The first kappa shape index (κ1) is 21.0. The maximum atomic E-state index is 6.30. The summed E-state index contributed by atoms with van der Waals surface area (Å²) in [4.78, 5) is 4.62. The Morgan fingerprint density at radius 1 is 0.909 bits per heavy atom. The van der Waals surface area contributed by atoms with Crippen molar-refractivity contribution >= 4 is 37.7 Å². The minimum atomic E-state index is 0.636. The molecule has 2 heterocycles. The molecule has 7 heteroatoms. The number of anilines is 1. The molecule has 0 saturated heterocycles. The largest absolute Gasteiger partial charge is 0.493 e. The second-order valence-electron chi connectivity index (χ2n) is 7.71. The Bertz CT molecular complexity index is 1520. The highest BCUT2D eigenvalue weighted by Crippen LogP contribution is 2.33. The van der Waals surface area contributed by atoms with Gasteiger partial charge in [-0.15, -0.1) is 0 Å². The van der Waals surface area contributed by atoms with Crippen LogP contribution in [0.15, 0.2) is 70.2 Å². The van der Waals surface area contributed by atoms with Crippen molar-refractivity contribution in [1.29, 1.82) is 0 Å². The lowest BCUT2D eigenvalue weighted by Gasteiger charge is -2.11. The molecule has 166 valence electrons. The van der Waals surface area contributed by atoms with Crippen LogP contribution in [0, 0.1) is 13.8 Å². The lowest BCUT2D eigenvalue weighted by Crippen LogP contribution is -2.08. The average Bonchev–Trinajstić information content (AvgIpc) is 3.26. The van der Waals surface area contributed by atoms with Gasteiger partial charge in [0.15, 0.2) is 11.5 Å². The molecule has 0 fully saturated rings. The van der Waals surface area contributed by atoms with Crippen molar-refractivity contribution < 1.29 is 13.9 Å². The molecule has 5 rings (SSSR count). The van der Waals surface area contributed by atoms with Gasteiger partial charge in [-0.3, -0.25) is 5.43 Å². The van der Waals surface area contributed by atoms with E-state index in [1.54, 1.807) is 25.6 Å². The van der Waals surface area contributed by atoms with Gasteiger partial charge >= 0.3 is 0 Å². The fourth-order valence-corrected chi connectivity index (χ4v) is 4.48. The topological polar surface area (TPSA) is 68.9 Å². The summed E-state index contributed by atoms with van der Waals surface area (Å²) in [5.41, 5.74) is 8.04. The molecule has 3 aromatic carbocycles. The number of aromatic nitrogens is 1. The lowest BCUT2D eigenvalue weighted by molar-refractivity contribution is 0.355. The molecule has 5 aromatic rings.